The average Bonchev–Trinajstić information content (AvgIpc) is 2.97. The molecule has 0 spiro atoms. The fourth-order valence-electron chi connectivity index (χ4n) is 5.51. The average molecular weight is 545 g/mol. The van der Waals surface area contributed by atoms with Crippen molar-refractivity contribution in [1.82, 2.24) is 19.9 Å². The van der Waals surface area contributed by atoms with E-state index in [1.54, 1.807) is 0 Å². The number of anilines is 2. The predicted molar refractivity (Wildman–Crippen MR) is 153 cm³/mol. The van der Waals surface area contributed by atoms with Crippen molar-refractivity contribution in [3.8, 4) is 17.1 Å². The van der Waals surface area contributed by atoms with Crippen LogP contribution in [0, 0.1) is 13.8 Å². The lowest BCUT2D eigenvalue weighted by Gasteiger charge is -2.37. The predicted octanol–water partition coefficient (Wildman–Crippen LogP) is 3.41. The van der Waals surface area contributed by atoms with Gasteiger partial charge in [0, 0.05) is 48.7 Å². The molecule has 1 saturated heterocycles. The third-order valence-electron chi connectivity index (χ3n) is 7.71. The van der Waals surface area contributed by atoms with E-state index in [4.69, 9.17) is 19.7 Å². The summed E-state index contributed by atoms with van der Waals surface area (Å²) in [4.78, 5) is 44.2. The summed E-state index contributed by atoms with van der Waals surface area (Å²) < 4.78 is 5.87. The summed E-state index contributed by atoms with van der Waals surface area (Å²) >= 11 is 0. The number of piperazine rings is 1. The molecule has 2 aliphatic heterocycles. The van der Waals surface area contributed by atoms with Crippen LogP contribution >= 0.6 is 0 Å². The van der Waals surface area contributed by atoms with Gasteiger partial charge in [0.05, 0.1) is 13.1 Å². The third-order valence-corrected chi connectivity index (χ3v) is 7.71. The Morgan fingerprint density at radius 3 is 2.25 bits per heavy atom. The fraction of sp³-hybridized carbons (Fsp3) is 0.433. The summed E-state index contributed by atoms with van der Waals surface area (Å²) in [5, 5.41) is 9.19. The smallest absolute Gasteiger partial charge is 0.394 e. The minimum absolute atomic E-state index is 0.315. The van der Waals surface area contributed by atoms with Crippen LogP contribution < -0.4 is 14.5 Å². The molecule has 1 N–H and O–H groups in total. The Bertz CT molecular complexity index is 1410. The van der Waals surface area contributed by atoms with Gasteiger partial charge in [0.25, 0.3) is 0 Å². The number of benzene rings is 1. The van der Waals surface area contributed by atoms with Crippen molar-refractivity contribution in [1.29, 1.82) is 0 Å². The van der Waals surface area contributed by atoms with Gasteiger partial charge in [-0.25, -0.2) is 19.7 Å². The lowest BCUT2D eigenvalue weighted by Crippen LogP contribution is -2.51. The van der Waals surface area contributed by atoms with Crippen LogP contribution in [0.3, 0.4) is 0 Å². The number of ether oxygens (including phenoxy) is 1. The van der Waals surface area contributed by atoms with Crippen molar-refractivity contribution in [2.45, 2.75) is 47.1 Å². The molecule has 1 aromatic carbocycles. The second kappa shape index (κ2) is 11.5. The maximum Gasteiger partial charge on any atom is 0.394 e. The lowest BCUT2D eigenvalue weighted by molar-refractivity contribution is -0.156. The monoisotopic (exact) mass is 544 g/mol. The molecule has 210 valence electrons. The van der Waals surface area contributed by atoms with E-state index in [-0.39, 0.29) is 0 Å². The molecule has 0 bridgehead atoms. The van der Waals surface area contributed by atoms with Gasteiger partial charge in [-0.3, -0.25) is 4.79 Å². The molecule has 0 atom stereocenters. The van der Waals surface area contributed by atoms with Gasteiger partial charge in [-0.15, -0.1) is 0 Å². The molecular formula is C30H36N6O4. The van der Waals surface area contributed by atoms with Crippen molar-refractivity contribution in [2.75, 3.05) is 49.1 Å². The van der Waals surface area contributed by atoms with Crippen LogP contribution in [0.4, 0.5) is 11.6 Å². The van der Waals surface area contributed by atoms with E-state index in [1.165, 1.54) is 16.0 Å². The van der Waals surface area contributed by atoms with E-state index >= 15 is 0 Å². The largest absolute Gasteiger partial charge is 0.488 e. The number of carbonyl (C=O) groups is 2. The highest BCUT2D eigenvalue weighted by Gasteiger charge is 2.30. The number of pyridine rings is 1. The zero-order valence-electron chi connectivity index (χ0n) is 23.6. The second-order valence-electron chi connectivity index (χ2n) is 10.2. The van der Waals surface area contributed by atoms with Crippen LogP contribution in [0.2, 0.25) is 0 Å². The first-order valence-electron chi connectivity index (χ1n) is 13.9. The van der Waals surface area contributed by atoms with Gasteiger partial charge in [-0.1, -0.05) is 32.0 Å². The second-order valence-corrected chi connectivity index (χ2v) is 10.2. The Kier molecular flexibility index (Phi) is 7.86. The maximum atomic E-state index is 12.1. The SMILES string of the molecule is CCc1cccc(CC)c1-c1nc(C)c(CN2CCOc3ccc(C)nc32)c(N2CCN(C(=O)C(=O)O)CC2)n1. The first-order chi connectivity index (χ1) is 19.3. The summed E-state index contributed by atoms with van der Waals surface area (Å²) in [6.45, 7) is 11.7. The zero-order valence-corrected chi connectivity index (χ0v) is 23.6. The Morgan fingerprint density at radius 1 is 0.900 bits per heavy atom. The molecule has 0 unspecified atom stereocenters. The number of carboxylic acids is 1. The number of carboxylic acid groups (broad SMARTS) is 1. The molecular weight excluding hydrogens is 508 g/mol. The molecule has 2 aliphatic rings. The Hall–Kier alpha value is -4.21. The Labute approximate surface area is 234 Å². The number of nitrogens with zero attached hydrogens (tertiary/aromatic N) is 6. The van der Waals surface area contributed by atoms with E-state index < -0.39 is 11.9 Å². The van der Waals surface area contributed by atoms with Gasteiger partial charge in [-0.05, 0) is 49.9 Å². The van der Waals surface area contributed by atoms with E-state index in [2.05, 4.69) is 41.8 Å². The zero-order chi connectivity index (χ0) is 28.4. The molecule has 3 aromatic rings. The molecule has 0 saturated carbocycles. The van der Waals surface area contributed by atoms with E-state index in [0.717, 1.165) is 52.7 Å². The fourth-order valence-corrected chi connectivity index (χ4v) is 5.51. The summed E-state index contributed by atoms with van der Waals surface area (Å²) in [6.07, 6.45) is 1.74. The van der Waals surface area contributed by atoms with Crippen LogP contribution in [0.15, 0.2) is 30.3 Å². The highest BCUT2D eigenvalue weighted by Crippen LogP contribution is 2.35. The number of aryl methyl sites for hydroxylation is 4. The first-order valence-corrected chi connectivity index (χ1v) is 13.9. The van der Waals surface area contributed by atoms with Crippen molar-refractivity contribution in [2.24, 2.45) is 0 Å². The molecule has 0 radical (unpaired) electrons. The molecule has 10 heteroatoms. The van der Waals surface area contributed by atoms with Crippen molar-refractivity contribution in [3.05, 3.63) is 58.4 Å². The molecule has 2 aromatic heterocycles. The lowest BCUT2D eigenvalue weighted by atomic mass is 9.96. The Balaban J connectivity index is 1.58. The van der Waals surface area contributed by atoms with Crippen molar-refractivity contribution in [3.63, 3.8) is 0 Å². The van der Waals surface area contributed by atoms with Crippen LogP contribution in [-0.2, 0) is 29.0 Å². The molecule has 0 aliphatic carbocycles. The summed E-state index contributed by atoms with van der Waals surface area (Å²) in [5.41, 5.74) is 6.28. The highest BCUT2D eigenvalue weighted by atomic mass is 16.5. The number of fused-ring (bicyclic) bond motifs is 1. The van der Waals surface area contributed by atoms with Gasteiger partial charge < -0.3 is 24.5 Å². The van der Waals surface area contributed by atoms with Crippen LogP contribution in [-0.4, -0.2) is 76.2 Å². The molecule has 5 rings (SSSR count). The third kappa shape index (κ3) is 5.30. The number of amides is 1. The van der Waals surface area contributed by atoms with Gasteiger partial charge in [0.2, 0.25) is 0 Å². The molecule has 40 heavy (non-hydrogen) atoms. The first kappa shape index (κ1) is 27.4. The number of hydrogen-bond donors (Lipinski definition) is 1. The minimum Gasteiger partial charge on any atom is -0.488 e. The standard InChI is InChI=1S/C30H36N6O4/c1-5-21-8-7-9-22(6-2)25(21)26-32-20(4)23(18-36-16-17-40-24-11-10-19(3)31-28(24)36)27(33-26)34-12-14-35(15-13-34)29(37)30(38)39/h7-11H,5-6,12-18H2,1-4H3,(H,38,39). The number of carbonyl (C=O) groups excluding carboxylic acids is 1. The number of hydrogen-bond acceptors (Lipinski definition) is 8. The van der Waals surface area contributed by atoms with Gasteiger partial charge >= 0.3 is 11.9 Å². The Morgan fingerprint density at radius 2 is 1.60 bits per heavy atom. The van der Waals surface area contributed by atoms with Crippen molar-refractivity contribution >= 4 is 23.5 Å². The minimum atomic E-state index is -1.42. The number of aromatic nitrogens is 3. The molecule has 4 heterocycles. The quantitative estimate of drug-likeness (QED) is 0.467. The molecule has 1 fully saturated rings. The number of rotatable bonds is 6. The number of aliphatic carboxylic acids is 1. The van der Waals surface area contributed by atoms with Crippen LogP contribution in [0.5, 0.6) is 5.75 Å². The van der Waals surface area contributed by atoms with Gasteiger partial charge in [0.15, 0.2) is 17.4 Å². The van der Waals surface area contributed by atoms with Gasteiger partial charge in [0.1, 0.15) is 12.4 Å². The molecule has 1 amide bonds. The normalized spacial score (nSPS) is 15.1. The molecule has 10 nitrogen and oxygen atoms in total. The highest BCUT2D eigenvalue weighted by molar-refractivity contribution is 6.31. The van der Waals surface area contributed by atoms with E-state index in [0.29, 0.717) is 51.7 Å². The van der Waals surface area contributed by atoms with E-state index in [9.17, 15) is 14.7 Å². The van der Waals surface area contributed by atoms with Crippen LogP contribution in [0.25, 0.3) is 11.4 Å². The topological polar surface area (TPSA) is 112 Å². The van der Waals surface area contributed by atoms with Crippen LogP contribution in [0.1, 0.15) is 41.9 Å². The summed E-state index contributed by atoms with van der Waals surface area (Å²) in [5.74, 6) is 0.798. The van der Waals surface area contributed by atoms with Crippen molar-refractivity contribution < 1.29 is 19.4 Å². The van der Waals surface area contributed by atoms with Gasteiger partial charge in [-0.2, -0.15) is 0 Å². The summed E-state index contributed by atoms with van der Waals surface area (Å²) in [7, 11) is 0. The summed E-state index contributed by atoms with van der Waals surface area (Å²) in [6, 6.07) is 10.3. The van der Waals surface area contributed by atoms with E-state index in [1.807, 2.05) is 26.0 Å². The maximum absolute atomic E-state index is 12.1.